The van der Waals surface area contributed by atoms with Gasteiger partial charge in [-0.3, -0.25) is 4.79 Å². The molecule has 1 rings (SSSR count). The van der Waals surface area contributed by atoms with Crippen LogP contribution in [0.15, 0.2) is 12.2 Å². The fourth-order valence-electron chi connectivity index (χ4n) is 2.59. The molecule has 1 saturated heterocycles. The SMILES string of the molecule is CCCCC/C=C/CC1OC1CCCCCCC(=O)C(=O)O. The number of carbonyl (C=O) groups excluding carboxylic acids is 1. The summed E-state index contributed by atoms with van der Waals surface area (Å²) in [6.07, 6.45) is 16.4. The van der Waals surface area contributed by atoms with E-state index in [-0.39, 0.29) is 6.42 Å². The predicted octanol–water partition coefficient (Wildman–Crippen LogP) is 4.27. The van der Waals surface area contributed by atoms with E-state index in [0.717, 1.165) is 32.1 Å². The number of allylic oxidation sites excluding steroid dienone is 1. The van der Waals surface area contributed by atoms with Crippen molar-refractivity contribution in [3.05, 3.63) is 12.2 Å². The summed E-state index contributed by atoms with van der Waals surface area (Å²) in [5.41, 5.74) is 0. The van der Waals surface area contributed by atoms with Crippen LogP contribution in [-0.4, -0.2) is 29.1 Å². The minimum absolute atomic E-state index is 0.167. The van der Waals surface area contributed by atoms with Crippen molar-refractivity contribution >= 4 is 11.8 Å². The zero-order valence-corrected chi connectivity index (χ0v) is 13.8. The highest BCUT2D eigenvalue weighted by Crippen LogP contribution is 2.30. The molecule has 22 heavy (non-hydrogen) atoms. The van der Waals surface area contributed by atoms with Crippen LogP contribution in [-0.2, 0) is 14.3 Å². The van der Waals surface area contributed by atoms with E-state index in [1.165, 1.54) is 25.7 Å². The smallest absolute Gasteiger partial charge is 0.372 e. The predicted molar refractivity (Wildman–Crippen MR) is 86.9 cm³/mol. The van der Waals surface area contributed by atoms with E-state index in [1.807, 2.05) is 0 Å². The first-order valence-corrected chi connectivity index (χ1v) is 8.71. The monoisotopic (exact) mass is 310 g/mol. The van der Waals surface area contributed by atoms with Crippen molar-refractivity contribution in [1.82, 2.24) is 0 Å². The van der Waals surface area contributed by atoms with Crippen LogP contribution in [0, 0.1) is 0 Å². The number of unbranched alkanes of at least 4 members (excludes halogenated alkanes) is 6. The number of aliphatic carboxylic acids is 1. The fourth-order valence-corrected chi connectivity index (χ4v) is 2.59. The van der Waals surface area contributed by atoms with Gasteiger partial charge in [-0.15, -0.1) is 0 Å². The van der Waals surface area contributed by atoms with Gasteiger partial charge in [-0.25, -0.2) is 4.79 Å². The second-order valence-electron chi connectivity index (χ2n) is 6.10. The van der Waals surface area contributed by atoms with Crippen molar-refractivity contribution in [2.45, 2.75) is 89.8 Å². The quantitative estimate of drug-likeness (QED) is 0.225. The number of carboxylic acids is 1. The average Bonchev–Trinajstić information content (AvgIpc) is 3.24. The minimum atomic E-state index is -1.31. The summed E-state index contributed by atoms with van der Waals surface area (Å²) < 4.78 is 5.64. The molecule has 126 valence electrons. The highest BCUT2D eigenvalue weighted by atomic mass is 16.6. The van der Waals surface area contributed by atoms with Crippen LogP contribution in [0.4, 0.5) is 0 Å². The summed E-state index contributed by atoms with van der Waals surface area (Å²) in [7, 11) is 0. The van der Waals surface area contributed by atoms with Gasteiger partial charge < -0.3 is 9.84 Å². The third kappa shape index (κ3) is 8.98. The summed E-state index contributed by atoms with van der Waals surface area (Å²) in [4.78, 5) is 21.2. The maximum absolute atomic E-state index is 10.9. The van der Waals surface area contributed by atoms with Crippen molar-refractivity contribution in [3.8, 4) is 0 Å². The first-order chi connectivity index (χ1) is 10.6. The normalized spacial score (nSPS) is 20.4. The van der Waals surface area contributed by atoms with E-state index >= 15 is 0 Å². The van der Waals surface area contributed by atoms with E-state index in [0.29, 0.717) is 18.6 Å². The van der Waals surface area contributed by atoms with Crippen LogP contribution in [0.3, 0.4) is 0 Å². The molecule has 0 saturated carbocycles. The van der Waals surface area contributed by atoms with Gasteiger partial charge in [0.05, 0.1) is 12.2 Å². The van der Waals surface area contributed by atoms with Gasteiger partial charge in [-0.05, 0) is 32.1 Å². The Bertz CT molecular complexity index is 362. The molecule has 0 aromatic heterocycles. The highest BCUT2D eigenvalue weighted by Gasteiger charge is 2.36. The number of rotatable bonds is 14. The van der Waals surface area contributed by atoms with E-state index in [9.17, 15) is 9.59 Å². The van der Waals surface area contributed by atoms with Crippen LogP contribution in [0.1, 0.15) is 77.6 Å². The van der Waals surface area contributed by atoms with Crippen molar-refractivity contribution < 1.29 is 19.4 Å². The lowest BCUT2D eigenvalue weighted by Gasteiger charge is -1.98. The Kier molecular flexibility index (Phi) is 9.80. The maximum Gasteiger partial charge on any atom is 0.372 e. The van der Waals surface area contributed by atoms with Crippen LogP contribution in [0.2, 0.25) is 0 Å². The van der Waals surface area contributed by atoms with Crippen LogP contribution >= 0.6 is 0 Å². The molecule has 4 nitrogen and oxygen atoms in total. The van der Waals surface area contributed by atoms with Crippen molar-refractivity contribution in [2.24, 2.45) is 0 Å². The van der Waals surface area contributed by atoms with Gasteiger partial charge in [0.25, 0.3) is 0 Å². The molecule has 0 aromatic carbocycles. The number of hydrogen-bond acceptors (Lipinski definition) is 3. The molecule has 2 unspecified atom stereocenters. The second kappa shape index (κ2) is 11.4. The molecule has 1 aliphatic heterocycles. The summed E-state index contributed by atoms with van der Waals surface area (Å²) in [5, 5.41) is 8.45. The summed E-state index contributed by atoms with van der Waals surface area (Å²) in [6.45, 7) is 2.22. The molecule has 1 fully saturated rings. The number of ether oxygens (including phenoxy) is 1. The Balaban J connectivity index is 1.87. The number of carbonyl (C=O) groups is 2. The number of hydrogen-bond donors (Lipinski definition) is 1. The third-order valence-electron chi connectivity index (χ3n) is 4.08. The largest absolute Gasteiger partial charge is 0.476 e. The minimum Gasteiger partial charge on any atom is -0.476 e. The van der Waals surface area contributed by atoms with Crippen molar-refractivity contribution in [3.63, 3.8) is 0 Å². The van der Waals surface area contributed by atoms with E-state index in [2.05, 4.69) is 19.1 Å². The van der Waals surface area contributed by atoms with Gasteiger partial charge in [0.15, 0.2) is 0 Å². The Morgan fingerprint density at radius 1 is 1.00 bits per heavy atom. The topological polar surface area (TPSA) is 66.9 Å². The molecule has 0 aliphatic carbocycles. The van der Waals surface area contributed by atoms with E-state index in [1.54, 1.807) is 0 Å². The van der Waals surface area contributed by atoms with Crippen molar-refractivity contribution in [2.75, 3.05) is 0 Å². The number of epoxide rings is 1. The molecule has 0 spiro atoms. The summed E-state index contributed by atoms with van der Waals surface area (Å²) >= 11 is 0. The molecule has 0 radical (unpaired) electrons. The van der Waals surface area contributed by atoms with Gasteiger partial charge in [0.2, 0.25) is 5.78 Å². The molecule has 0 amide bonds. The number of Topliss-reactive ketones (excluding diaryl/α,β-unsaturated/α-hetero) is 1. The zero-order valence-electron chi connectivity index (χ0n) is 13.8. The molecular formula is C18H30O4. The van der Waals surface area contributed by atoms with E-state index in [4.69, 9.17) is 9.84 Å². The van der Waals surface area contributed by atoms with Crippen LogP contribution in [0.25, 0.3) is 0 Å². The third-order valence-corrected chi connectivity index (χ3v) is 4.08. The number of carboxylic acid groups (broad SMARTS) is 1. The summed E-state index contributed by atoms with van der Waals surface area (Å²) in [5.74, 6) is -1.98. The first-order valence-electron chi connectivity index (χ1n) is 8.71. The van der Waals surface area contributed by atoms with Gasteiger partial charge >= 0.3 is 5.97 Å². The van der Waals surface area contributed by atoms with Gasteiger partial charge in [0, 0.05) is 6.42 Å². The molecule has 1 N–H and O–H groups in total. The van der Waals surface area contributed by atoms with Gasteiger partial charge in [0.1, 0.15) is 0 Å². The fraction of sp³-hybridized carbons (Fsp3) is 0.778. The van der Waals surface area contributed by atoms with Crippen molar-refractivity contribution in [1.29, 1.82) is 0 Å². The Morgan fingerprint density at radius 3 is 2.50 bits per heavy atom. The Hall–Kier alpha value is -1.16. The van der Waals surface area contributed by atoms with Gasteiger partial charge in [-0.1, -0.05) is 51.2 Å². The zero-order chi connectivity index (χ0) is 16.2. The lowest BCUT2D eigenvalue weighted by molar-refractivity contribution is -0.149. The molecule has 1 aliphatic rings. The summed E-state index contributed by atoms with van der Waals surface area (Å²) in [6, 6.07) is 0. The average molecular weight is 310 g/mol. The van der Waals surface area contributed by atoms with Gasteiger partial charge in [-0.2, -0.15) is 0 Å². The Labute approximate surface area is 133 Å². The van der Waals surface area contributed by atoms with E-state index < -0.39 is 11.8 Å². The molecule has 1 heterocycles. The maximum atomic E-state index is 10.9. The highest BCUT2D eigenvalue weighted by molar-refractivity contribution is 6.32. The Morgan fingerprint density at radius 2 is 1.77 bits per heavy atom. The molecule has 0 aromatic rings. The lowest BCUT2D eigenvalue weighted by atomic mass is 10.1. The lowest BCUT2D eigenvalue weighted by Crippen LogP contribution is -2.11. The molecule has 2 atom stereocenters. The molecular weight excluding hydrogens is 280 g/mol. The second-order valence-corrected chi connectivity index (χ2v) is 6.10. The van der Waals surface area contributed by atoms with Crippen LogP contribution < -0.4 is 0 Å². The first kappa shape index (κ1) is 18.9. The molecule has 0 bridgehead atoms. The standard InChI is InChI=1S/C18H30O4/c1-2-3-4-5-6-10-13-16-17(22-16)14-11-8-7-9-12-15(19)18(20)21/h6,10,16-17H,2-5,7-9,11-14H2,1H3,(H,20,21)/b10-6+. The van der Waals surface area contributed by atoms with Crippen LogP contribution in [0.5, 0.6) is 0 Å². The molecule has 4 heteroatoms. The number of ketones is 1.